The van der Waals surface area contributed by atoms with Crippen LogP contribution in [0.5, 0.6) is 0 Å². The molecule has 0 radical (unpaired) electrons. The monoisotopic (exact) mass is 268 g/mol. The number of hydrogen-bond acceptors (Lipinski definition) is 5. The lowest BCUT2D eigenvalue weighted by Crippen LogP contribution is -2.06. The van der Waals surface area contributed by atoms with Crippen molar-refractivity contribution in [1.29, 1.82) is 0 Å². The zero-order valence-corrected chi connectivity index (χ0v) is 9.91. The molecule has 100 valence electrons. The van der Waals surface area contributed by atoms with Gasteiger partial charge in [-0.25, -0.2) is 18.6 Å². The van der Waals surface area contributed by atoms with Crippen LogP contribution in [0.2, 0.25) is 0 Å². The predicted octanol–water partition coefficient (Wildman–Crippen LogP) is 1.51. The molecule has 0 bridgehead atoms. The number of nitrogen functional groups attached to an aromatic ring is 1. The smallest absolute Gasteiger partial charge is 0.375 e. The van der Waals surface area contributed by atoms with E-state index in [-0.39, 0.29) is 29.5 Å². The molecule has 6 nitrogen and oxygen atoms in total. The first kappa shape index (κ1) is 12.9. The van der Waals surface area contributed by atoms with Gasteiger partial charge in [0.1, 0.15) is 0 Å². The summed E-state index contributed by atoms with van der Waals surface area (Å²) in [6, 6.07) is 1.69. The van der Waals surface area contributed by atoms with Gasteiger partial charge in [0.2, 0.25) is 5.82 Å². The molecule has 0 saturated heterocycles. The Morgan fingerprint density at radius 2 is 2.11 bits per heavy atom. The van der Waals surface area contributed by atoms with Gasteiger partial charge in [-0.15, -0.1) is 0 Å². The van der Waals surface area contributed by atoms with Crippen LogP contribution in [-0.4, -0.2) is 27.8 Å². The van der Waals surface area contributed by atoms with Gasteiger partial charge in [-0.3, -0.25) is 5.10 Å². The number of halogens is 2. The largest absolute Gasteiger partial charge is 0.460 e. The molecule has 2 aromatic rings. The van der Waals surface area contributed by atoms with E-state index in [2.05, 4.69) is 15.2 Å². The van der Waals surface area contributed by atoms with E-state index >= 15 is 0 Å². The maximum absolute atomic E-state index is 13.1. The molecule has 0 aliphatic carbocycles. The first-order valence-corrected chi connectivity index (χ1v) is 5.37. The molecule has 0 fully saturated rings. The minimum absolute atomic E-state index is 0.0144. The molecule has 3 N–H and O–H groups in total. The SMILES string of the molecule is CCOC(=O)c1nc(-c2cc(F)c(F)cc2N)n[nH]1. The average Bonchev–Trinajstić information content (AvgIpc) is 2.83. The molecule has 1 aromatic carbocycles. The molecule has 19 heavy (non-hydrogen) atoms. The van der Waals surface area contributed by atoms with Gasteiger partial charge in [-0.1, -0.05) is 0 Å². The summed E-state index contributed by atoms with van der Waals surface area (Å²) in [5.41, 5.74) is 5.60. The Bertz CT molecular complexity index is 627. The van der Waals surface area contributed by atoms with Crippen LogP contribution < -0.4 is 5.73 Å². The minimum Gasteiger partial charge on any atom is -0.460 e. The zero-order valence-electron chi connectivity index (χ0n) is 9.91. The predicted molar refractivity (Wildman–Crippen MR) is 62.1 cm³/mol. The Morgan fingerprint density at radius 1 is 1.42 bits per heavy atom. The Balaban J connectivity index is 2.38. The number of benzene rings is 1. The highest BCUT2D eigenvalue weighted by molar-refractivity contribution is 5.86. The summed E-state index contributed by atoms with van der Waals surface area (Å²) in [4.78, 5) is 15.2. The van der Waals surface area contributed by atoms with Crippen molar-refractivity contribution in [2.75, 3.05) is 12.3 Å². The first-order chi connectivity index (χ1) is 9.02. The van der Waals surface area contributed by atoms with Crippen molar-refractivity contribution in [3.63, 3.8) is 0 Å². The van der Waals surface area contributed by atoms with E-state index in [1.165, 1.54) is 0 Å². The molecule has 1 aromatic heterocycles. The third-order valence-electron chi connectivity index (χ3n) is 2.29. The fourth-order valence-corrected chi connectivity index (χ4v) is 1.43. The third kappa shape index (κ3) is 2.51. The van der Waals surface area contributed by atoms with Gasteiger partial charge < -0.3 is 10.5 Å². The maximum atomic E-state index is 13.1. The van der Waals surface area contributed by atoms with Gasteiger partial charge in [0, 0.05) is 17.3 Å². The highest BCUT2D eigenvalue weighted by Gasteiger charge is 2.17. The van der Waals surface area contributed by atoms with Gasteiger partial charge in [-0.2, -0.15) is 5.10 Å². The fourth-order valence-electron chi connectivity index (χ4n) is 1.43. The van der Waals surface area contributed by atoms with Crippen molar-refractivity contribution in [2.45, 2.75) is 6.92 Å². The molecule has 0 amide bonds. The molecule has 1 heterocycles. The van der Waals surface area contributed by atoms with Gasteiger partial charge >= 0.3 is 5.97 Å². The second-order valence-corrected chi connectivity index (χ2v) is 3.58. The van der Waals surface area contributed by atoms with Crippen LogP contribution in [0.1, 0.15) is 17.5 Å². The number of aromatic nitrogens is 3. The Labute approximate surface area is 106 Å². The number of anilines is 1. The van der Waals surface area contributed by atoms with Crippen molar-refractivity contribution >= 4 is 11.7 Å². The summed E-state index contributed by atoms with van der Waals surface area (Å²) in [5.74, 6) is -2.99. The fraction of sp³-hybridized carbons (Fsp3) is 0.182. The van der Waals surface area contributed by atoms with Gasteiger partial charge in [0.25, 0.3) is 0 Å². The number of nitrogens with zero attached hydrogens (tertiary/aromatic N) is 2. The van der Waals surface area contributed by atoms with Crippen molar-refractivity contribution in [2.24, 2.45) is 0 Å². The Morgan fingerprint density at radius 3 is 2.79 bits per heavy atom. The van der Waals surface area contributed by atoms with Crippen LogP contribution in [0.4, 0.5) is 14.5 Å². The third-order valence-corrected chi connectivity index (χ3v) is 2.29. The number of nitrogens with two attached hydrogens (primary N) is 1. The van der Waals surface area contributed by atoms with Gasteiger partial charge in [-0.05, 0) is 13.0 Å². The van der Waals surface area contributed by atoms with E-state index in [0.717, 1.165) is 12.1 Å². The average molecular weight is 268 g/mol. The summed E-state index contributed by atoms with van der Waals surface area (Å²) < 4.78 is 30.8. The van der Waals surface area contributed by atoms with Crippen molar-refractivity contribution in [3.05, 3.63) is 29.6 Å². The zero-order chi connectivity index (χ0) is 14.0. The lowest BCUT2D eigenvalue weighted by atomic mass is 10.1. The standard InChI is InChI=1S/C11H10F2N4O2/c1-2-19-11(18)10-15-9(16-17-10)5-3-6(12)7(13)4-8(5)14/h3-4H,2,14H2,1H3,(H,15,16,17). The van der Waals surface area contributed by atoms with Gasteiger partial charge in [0.05, 0.1) is 6.61 Å². The van der Waals surface area contributed by atoms with E-state index in [4.69, 9.17) is 10.5 Å². The number of nitrogens with one attached hydrogen (secondary N) is 1. The topological polar surface area (TPSA) is 93.9 Å². The number of H-pyrrole nitrogens is 1. The number of carbonyl (C=O) groups excluding carboxylic acids is 1. The molecule has 2 rings (SSSR count). The summed E-state index contributed by atoms with van der Waals surface area (Å²) in [6.07, 6.45) is 0. The molecule has 0 aliphatic rings. The molecule has 0 saturated carbocycles. The lowest BCUT2D eigenvalue weighted by molar-refractivity contribution is 0.0512. The molecular formula is C11H10F2N4O2. The Kier molecular flexibility index (Phi) is 3.41. The van der Waals surface area contributed by atoms with E-state index in [1.807, 2.05) is 0 Å². The second-order valence-electron chi connectivity index (χ2n) is 3.58. The number of ether oxygens (including phenoxy) is 1. The van der Waals surface area contributed by atoms with Crippen LogP contribution in [0.3, 0.4) is 0 Å². The number of esters is 1. The number of hydrogen-bond donors (Lipinski definition) is 2. The van der Waals surface area contributed by atoms with E-state index in [1.54, 1.807) is 6.92 Å². The number of carbonyl (C=O) groups is 1. The van der Waals surface area contributed by atoms with E-state index in [9.17, 15) is 13.6 Å². The molecule has 0 atom stereocenters. The van der Waals surface area contributed by atoms with Crippen molar-refractivity contribution in [3.8, 4) is 11.4 Å². The normalized spacial score (nSPS) is 10.5. The molecule has 0 unspecified atom stereocenters. The quantitative estimate of drug-likeness (QED) is 0.650. The second kappa shape index (κ2) is 5.01. The van der Waals surface area contributed by atoms with Crippen LogP contribution in [0.15, 0.2) is 12.1 Å². The van der Waals surface area contributed by atoms with E-state index in [0.29, 0.717) is 0 Å². The van der Waals surface area contributed by atoms with E-state index < -0.39 is 17.6 Å². The Hall–Kier alpha value is -2.51. The van der Waals surface area contributed by atoms with Crippen LogP contribution in [-0.2, 0) is 4.74 Å². The summed E-state index contributed by atoms with van der Waals surface area (Å²) in [6.45, 7) is 1.82. The molecule has 8 heteroatoms. The first-order valence-electron chi connectivity index (χ1n) is 5.37. The minimum atomic E-state index is -1.08. The van der Waals surface area contributed by atoms with Crippen LogP contribution in [0.25, 0.3) is 11.4 Å². The molecule has 0 aliphatic heterocycles. The number of aromatic amines is 1. The number of rotatable bonds is 3. The van der Waals surface area contributed by atoms with Crippen LogP contribution >= 0.6 is 0 Å². The summed E-state index contributed by atoms with van der Waals surface area (Å²) in [5, 5.41) is 6.06. The summed E-state index contributed by atoms with van der Waals surface area (Å²) in [7, 11) is 0. The van der Waals surface area contributed by atoms with Gasteiger partial charge in [0.15, 0.2) is 17.5 Å². The summed E-state index contributed by atoms with van der Waals surface area (Å²) >= 11 is 0. The van der Waals surface area contributed by atoms with Crippen molar-refractivity contribution in [1.82, 2.24) is 15.2 Å². The lowest BCUT2D eigenvalue weighted by Gasteiger charge is -2.02. The van der Waals surface area contributed by atoms with Crippen LogP contribution in [0, 0.1) is 11.6 Å². The maximum Gasteiger partial charge on any atom is 0.375 e. The highest BCUT2D eigenvalue weighted by Crippen LogP contribution is 2.25. The molecular weight excluding hydrogens is 258 g/mol. The molecule has 0 spiro atoms. The highest BCUT2D eigenvalue weighted by atomic mass is 19.2. The van der Waals surface area contributed by atoms with Crippen molar-refractivity contribution < 1.29 is 18.3 Å².